The molecule has 1 N–H and O–H groups in total. The minimum absolute atomic E-state index is 0.150. The maximum Gasteiger partial charge on any atom is 0.213 e. The molecule has 0 amide bonds. The lowest BCUT2D eigenvalue weighted by molar-refractivity contribution is 0.566. The summed E-state index contributed by atoms with van der Waals surface area (Å²) in [4.78, 5) is 3.93. The lowest BCUT2D eigenvalue weighted by atomic mass is 10.0. The molecule has 1 atom stereocenters. The van der Waals surface area contributed by atoms with Crippen LogP contribution >= 0.6 is 0 Å². The molecule has 0 aliphatic rings. The Bertz CT molecular complexity index is 415. The molecule has 90 valence electrons. The molecule has 0 aliphatic carbocycles. The molecule has 1 unspecified atom stereocenters. The van der Waals surface area contributed by atoms with E-state index in [-0.39, 0.29) is 5.92 Å². The molecule has 1 aromatic rings. The van der Waals surface area contributed by atoms with E-state index in [0.29, 0.717) is 6.54 Å². The molecule has 1 aromatic heterocycles. The number of nitrogens with one attached hydrogen (secondary N) is 1. The molecule has 5 heteroatoms. The number of nitrogens with zero attached hydrogens (tertiary/aromatic N) is 1. The third kappa shape index (κ3) is 3.57. The fourth-order valence-electron chi connectivity index (χ4n) is 1.22. The van der Waals surface area contributed by atoms with Crippen molar-refractivity contribution in [3.05, 3.63) is 30.1 Å². The van der Waals surface area contributed by atoms with Gasteiger partial charge < -0.3 is 0 Å². The molecule has 0 radical (unpaired) electrons. The van der Waals surface area contributed by atoms with Gasteiger partial charge in [0.05, 0.1) is 5.25 Å². The third-order valence-corrected chi connectivity index (χ3v) is 4.30. The molecule has 16 heavy (non-hydrogen) atoms. The van der Waals surface area contributed by atoms with Gasteiger partial charge in [-0.3, -0.25) is 4.98 Å². The van der Waals surface area contributed by atoms with Crippen LogP contribution in [0.15, 0.2) is 24.5 Å². The van der Waals surface area contributed by atoms with Crippen molar-refractivity contribution < 1.29 is 8.42 Å². The number of aromatic nitrogens is 1. The zero-order valence-electron chi connectivity index (χ0n) is 9.84. The Balaban J connectivity index is 2.58. The standard InChI is InChI=1S/C11H18N2O2S/c1-9(2)16(14,15)13-8-10(3)11-4-6-12-7-5-11/h4-7,9-10,13H,8H2,1-3H3. The predicted octanol–water partition coefficient (Wildman–Crippen LogP) is 1.51. The van der Waals surface area contributed by atoms with Crippen LogP contribution in [0.5, 0.6) is 0 Å². The molecule has 0 aromatic carbocycles. The van der Waals surface area contributed by atoms with Crippen molar-refractivity contribution in [2.75, 3.05) is 6.54 Å². The highest BCUT2D eigenvalue weighted by atomic mass is 32.2. The molecule has 4 nitrogen and oxygen atoms in total. The van der Waals surface area contributed by atoms with Crippen LogP contribution in [0.2, 0.25) is 0 Å². The maximum atomic E-state index is 11.5. The summed E-state index contributed by atoms with van der Waals surface area (Å²) in [7, 11) is -3.17. The van der Waals surface area contributed by atoms with E-state index in [0.717, 1.165) is 5.56 Å². The van der Waals surface area contributed by atoms with Crippen LogP contribution in [0.1, 0.15) is 32.3 Å². The van der Waals surface area contributed by atoms with Crippen LogP contribution in [0, 0.1) is 0 Å². The molecule has 1 heterocycles. The second kappa shape index (κ2) is 5.41. The Hall–Kier alpha value is -0.940. The van der Waals surface area contributed by atoms with E-state index in [2.05, 4.69) is 9.71 Å². The summed E-state index contributed by atoms with van der Waals surface area (Å²) < 4.78 is 25.7. The normalized spacial score (nSPS) is 14.0. The SMILES string of the molecule is CC(CNS(=O)(=O)C(C)C)c1ccncc1. The van der Waals surface area contributed by atoms with E-state index < -0.39 is 15.3 Å². The van der Waals surface area contributed by atoms with Crippen LogP contribution in [0.3, 0.4) is 0 Å². The van der Waals surface area contributed by atoms with Gasteiger partial charge in [-0.2, -0.15) is 0 Å². The lowest BCUT2D eigenvalue weighted by Gasteiger charge is -2.14. The van der Waals surface area contributed by atoms with Crippen LogP contribution < -0.4 is 4.72 Å². The quantitative estimate of drug-likeness (QED) is 0.851. The van der Waals surface area contributed by atoms with Gasteiger partial charge in [0, 0.05) is 18.9 Å². The molecule has 0 bridgehead atoms. The first-order valence-corrected chi connectivity index (χ1v) is 6.86. The number of sulfonamides is 1. The van der Waals surface area contributed by atoms with E-state index >= 15 is 0 Å². The van der Waals surface area contributed by atoms with Crippen molar-refractivity contribution in [2.45, 2.75) is 31.9 Å². The second-order valence-corrected chi connectivity index (χ2v) is 6.45. The summed E-state index contributed by atoms with van der Waals surface area (Å²) in [6.07, 6.45) is 3.42. The molecule has 0 saturated carbocycles. The number of pyridine rings is 1. The van der Waals surface area contributed by atoms with Gasteiger partial charge in [0.25, 0.3) is 0 Å². The van der Waals surface area contributed by atoms with Crippen molar-refractivity contribution in [1.82, 2.24) is 9.71 Å². The zero-order valence-corrected chi connectivity index (χ0v) is 10.7. The van der Waals surface area contributed by atoms with Gasteiger partial charge in [-0.1, -0.05) is 6.92 Å². The third-order valence-electron chi connectivity index (χ3n) is 2.49. The number of hydrogen-bond donors (Lipinski definition) is 1. The van der Waals surface area contributed by atoms with Crippen molar-refractivity contribution in [3.63, 3.8) is 0 Å². The first-order valence-electron chi connectivity index (χ1n) is 5.32. The molecule has 0 fully saturated rings. The first-order chi connectivity index (χ1) is 7.43. The van der Waals surface area contributed by atoms with Crippen LogP contribution in [0.4, 0.5) is 0 Å². The Morgan fingerprint density at radius 3 is 2.31 bits per heavy atom. The molecule has 0 spiro atoms. The largest absolute Gasteiger partial charge is 0.265 e. The highest BCUT2D eigenvalue weighted by molar-refractivity contribution is 7.90. The van der Waals surface area contributed by atoms with Crippen molar-refractivity contribution >= 4 is 10.0 Å². The molecule has 0 aliphatic heterocycles. The van der Waals surface area contributed by atoms with E-state index in [1.165, 1.54) is 0 Å². The Morgan fingerprint density at radius 2 is 1.81 bits per heavy atom. The molecular formula is C11H18N2O2S. The van der Waals surface area contributed by atoms with Crippen molar-refractivity contribution in [2.24, 2.45) is 0 Å². The Labute approximate surface area is 97.2 Å². The minimum Gasteiger partial charge on any atom is -0.265 e. The smallest absolute Gasteiger partial charge is 0.213 e. The zero-order chi connectivity index (χ0) is 12.2. The monoisotopic (exact) mass is 242 g/mol. The fraction of sp³-hybridized carbons (Fsp3) is 0.545. The van der Waals surface area contributed by atoms with E-state index in [1.54, 1.807) is 26.2 Å². The van der Waals surface area contributed by atoms with E-state index in [1.807, 2.05) is 19.1 Å². The van der Waals surface area contributed by atoms with Gasteiger partial charge >= 0.3 is 0 Å². The maximum absolute atomic E-state index is 11.5. The van der Waals surface area contributed by atoms with Crippen molar-refractivity contribution in [3.8, 4) is 0 Å². The lowest BCUT2D eigenvalue weighted by Crippen LogP contribution is -2.33. The second-order valence-electron chi connectivity index (χ2n) is 4.12. The topological polar surface area (TPSA) is 59.1 Å². The highest BCUT2D eigenvalue weighted by Gasteiger charge is 2.16. The number of rotatable bonds is 5. The van der Waals surface area contributed by atoms with Gasteiger partial charge in [0.2, 0.25) is 10.0 Å². The summed E-state index contributed by atoms with van der Waals surface area (Å²) in [5.41, 5.74) is 1.08. The van der Waals surface area contributed by atoms with Gasteiger partial charge in [-0.05, 0) is 37.5 Å². The van der Waals surface area contributed by atoms with E-state index in [4.69, 9.17) is 0 Å². The molecule has 1 rings (SSSR count). The Kier molecular flexibility index (Phi) is 4.44. The van der Waals surface area contributed by atoms with Crippen molar-refractivity contribution in [1.29, 1.82) is 0 Å². The fourth-order valence-corrected chi connectivity index (χ4v) is 2.03. The number of hydrogen-bond acceptors (Lipinski definition) is 3. The predicted molar refractivity (Wildman–Crippen MR) is 64.7 cm³/mol. The van der Waals surface area contributed by atoms with Crippen LogP contribution in [0.25, 0.3) is 0 Å². The average molecular weight is 242 g/mol. The summed E-state index contributed by atoms with van der Waals surface area (Å²) in [6.45, 7) is 5.74. The molecular weight excluding hydrogens is 224 g/mol. The Morgan fingerprint density at radius 1 is 1.25 bits per heavy atom. The van der Waals surface area contributed by atoms with Crippen LogP contribution in [-0.2, 0) is 10.0 Å². The van der Waals surface area contributed by atoms with Gasteiger partial charge in [-0.15, -0.1) is 0 Å². The molecule has 0 saturated heterocycles. The van der Waals surface area contributed by atoms with E-state index in [9.17, 15) is 8.42 Å². The minimum atomic E-state index is -3.17. The highest BCUT2D eigenvalue weighted by Crippen LogP contribution is 2.13. The summed E-state index contributed by atoms with van der Waals surface area (Å²) in [6, 6.07) is 3.79. The average Bonchev–Trinajstić information content (AvgIpc) is 2.27. The first kappa shape index (κ1) is 13.1. The van der Waals surface area contributed by atoms with Gasteiger partial charge in [0.15, 0.2) is 0 Å². The van der Waals surface area contributed by atoms with Gasteiger partial charge in [0.1, 0.15) is 0 Å². The van der Waals surface area contributed by atoms with Gasteiger partial charge in [-0.25, -0.2) is 13.1 Å². The summed E-state index contributed by atoms with van der Waals surface area (Å²) in [5, 5.41) is -0.392. The van der Waals surface area contributed by atoms with Crippen LogP contribution in [-0.4, -0.2) is 25.2 Å². The summed E-state index contributed by atoms with van der Waals surface area (Å²) >= 11 is 0. The summed E-state index contributed by atoms with van der Waals surface area (Å²) in [5.74, 6) is 0.150.